The maximum Gasteiger partial charge on any atom is 0.0532 e. The Morgan fingerprint density at radius 1 is 0.750 bits per heavy atom. The molecule has 1 radical (unpaired) electrons. The van der Waals surface area contributed by atoms with Crippen LogP contribution in [-0.4, -0.2) is 8.07 Å². The van der Waals surface area contributed by atoms with Crippen LogP contribution in [0.25, 0.3) is 0 Å². The van der Waals surface area contributed by atoms with Crippen LogP contribution in [0.3, 0.4) is 0 Å². The van der Waals surface area contributed by atoms with E-state index in [4.69, 9.17) is 0 Å². The van der Waals surface area contributed by atoms with Crippen molar-refractivity contribution in [2.45, 2.75) is 19.6 Å². The Bertz CT molecular complexity index is 292. The minimum atomic E-state index is -1.21. The van der Waals surface area contributed by atoms with Crippen LogP contribution < -0.4 is 0 Å². The predicted octanol–water partition coefficient (Wildman–Crippen LogP) is 3.92. The van der Waals surface area contributed by atoms with Gasteiger partial charge in [-0.15, -0.1) is 0 Å². The summed E-state index contributed by atoms with van der Waals surface area (Å²) in [7, 11) is -1.21. The second kappa shape index (κ2) is 5.60. The molecule has 0 nitrogen and oxygen atoms in total. The molecular weight excluding hydrogens is 287 g/mol. The summed E-state index contributed by atoms with van der Waals surface area (Å²) in [6.45, 7) is 7.34. The number of rotatable bonds is 3. The van der Waals surface area contributed by atoms with Gasteiger partial charge in [0.2, 0.25) is 0 Å². The Kier molecular flexibility index (Phi) is 4.94. The average molecular weight is 307 g/mol. The summed E-state index contributed by atoms with van der Waals surface area (Å²) >= 11 is 0. The topological polar surface area (TPSA) is 0 Å². The van der Waals surface area contributed by atoms with Gasteiger partial charge in [-0.2, -0.15) is 0 Å². The van der Waals surface area contributed by atoms with E-state index in [0.29, 0.717) is 11.8 Å². The third-order valence-electron chi connectivity index (χ3n) is 3.08. The van der Waals surface area contributed by atoms with E-state index in [9.17, 15) is 0 Å². The van der Waals surface area contributed by atoms with E-state index >= 15 is 0 Å². The zero-order valence-corrected chi connectivity index (χ0v) is 13.7. The molecule has 2 aliphatic rings. The van der Waals surface area contributed by atoms with Gasteiger partial charge in [-0.1, -0.05) is 68.2 Å². The van der Waals surface area contributed by atoms with Crippen LogP contribution in [0.1, 0.15) is 0 Å². The summed E-state index contributed by atoms with van der Waals surface area (Å²) in [4.78, 5) is 0. The molecule has 2 heteroatoms. The zero-order valence-electron chi connectivity index (χ0n) is 10.3. The molecule has 0 heterocycles. The summed E-state index contributed by atoms with van der Waals surface area (Å²) < 4.78 is 0. The maximum atomic E-state index is 2.45. The van der Waals surface area contributed by atoms with Gasteiger partial charge in [0.1, 0.15) is 0 Å². The molecule has 2 aliphatic carbocycles. The molecule has 83 valence electrons. The Labute approximate surface area is 119 Å². The first-order valence-corrected chi connectivity index (χ1v) is 9.16. The molecule has 0 N–H and O–H groups in total. The minimum Gasteiger partial charge on any atom is -0.0773 e. The molecule has 0 aromatic heterocycles. The summed E-state index contributed by atoms with van der Waals surface area (Å²) in [6.07, 6.45) is 18.0. The van der Waals surface area contributed by atoms with Gasteiger partial charge in [0, 0.05) is 26.2 Å². The first kappa shape index (κ1) is 14.1. The number of hydrogen-bond donors (Lipinski definition) is 0. The predicted molar refractivity (Wildman–Crippen MR) is 70.1 cm³/mol. The van der Waals surface area contributed by atoms with E-state index in [1.807, 2.05) is 0 Å². The zero-order chi connectivity index (χ0) is 10.9. The first-order chi connectivity index (χ1) is 7.09. The third kappa shape index (κ3) is 3.05. The molecule has 0 aliphatic heterocycles. The summed E-state index contributed by atoms with van der Waals surface area (Å²) in [5, 5.41) is 0. The molecule has 0 saturated heterocycles. The molecule has 16 heavy (non-hydrogen) atoms. The van der Waals surface area contributed by atoms with Crippen LogP contribution >= 0.6 is 0 Å². The molecule has 0 spiro atoms. The number of hydrogen-bond acceptors (Lipinski definition) is 0. The van der Waals surface area contributed by atoms with E-state index in [-0.39, 0.29) is 26.2 Å². The summed E-state index contributed by atoms with van der Waals surface area (Å²) in [5.74, 6) is 1.16. The quantitative estimate of drug-likeness (QED) is 0.693. The summed E-state index contributed by atoms with van der Waals surface area (Å²) in [6, 6.07) is 0. The molecule has 0 aromatic rings. The first-order valence-electron chi connectivity index (χ1n) is 5.66. The Morgan fingerprint density at radius 2 is 1.06 bits per heavy atom. The number of allylic oxidation sites excluding steroid dienone is 8. The van der Waals surface area contributed by atoms with Crippen molar-refractivity contribution in [1.29, 1.82) is 0 Å². The van der Waals surface area contributed by atoms with Crippen molar-refractivity contribution < 1.29 is 26.2 Å². The van der Waals surface area contributed by atoms with Crippen molar-refractivity contribution in [2.75, 3.05) is 0 Å². The summed E-state index contributed by atoms with van der Waals surface area (Å²) in [5.41, 5.74) is 1.73. The van der Waals surface area contributed by atoms with Crippen LogP contribution in [0.5, 0.6) is 0 Å². The van der Waals surface area contributed by atoms with E-state index in [1.54, 1.807) is 5.54 Å². The van der Waals surface area contributed by atoms with Gasteiger partial charge in [-0.3, -0.25) is 0 Å². The molecule has 0 unspecified atom stereocenters. The molecule has 2 rings (SSSR count). The van der Waals surface area contributed by atoms with Gasteiger partial charge >= 0.3 is 0 Å². The van der Waals surface area contributed by atoms with E-state index in [1.165, 1.54) is 0 Å². The van der Waals surface area contributed by atoms with Crippen LogP contribution in [0.2, 0.25) is 19.6 Å². The van der Waals surface area contributed by atoms with Gasteiger partial charge in [-0.05, 0) is 17.4 Å². The van der Waals surface area contributed by atoms with Crippen LogP contribution in [0, 0.1) is 17.4 Å². The Morgan fingerprint density at radius 3 is 1.31 bits per heavy atom. The fourth-order valence-electron chi connectivity index (χ4n) is 2.50. The Balaban J connectivity index is 0.00000128. The van der Waals surface area contributed by atoms with Crippen molar-refractivity contribution in [3.05, 3.63) is 54.1 Å². The fourth-order valence-corrected chi connectivity index (χ4v) is 4.89. The monoisotopic (exact) mass is 305 g/mol. The van der Waals surface area contributed by atoms with Gasteiger partial charge in [0.25, 0.3) is 0 Å². The van der Waals surface area contributed by atoms with Crippen molar-refractivity contribution in [3.8, 4) is 0 Å². The van der Waals surface area contributed by atoms with Gasteiger partial charge in [0.15, 0.2) is 0 Å². The molecular formula is C14H19SiZr. The normalized spacial score (nSPS) is 20.0. The fraction of sp³-hybridized carbons (Fsp3) is 0.357. The van der Waals surface area contributed by atoms with Gasteiger partial charge in [-0.25, -0.2) is 0 Å². The van der Waals surface area contributed by atoms with Gasteiger partial charge in [0.05, 0.1) is 8.07 Å². The minimum absolute atomic E-state index is 0. The van der Waals surface area contributed by atoms with Crippen LogP contribution in [0.15, 0.2) is 48.6 Å². The third-order valence-corrected chi connectivity index (χ3v) is 5.48. The largest absolute Gasteiger partial charge is 0.0773 e. The van der Waals surface area contributed by atoms with E-state index in [0.717, 1.165) is 0 Å². The molecule has 0 atom stereocenters. The van der Waals surface area contributed by atoms with Crippen molar-refractivity contribution >= 4 is 8.07 Å². The average Bonchev–Trinajstić information content (AvgIpc) is 2.73. The second-order valence-corrected chi connectivity index (χ2v) is 10.4. The van der Waals surface area contributed by atoms with Crippen molar-refractivity contribution in [2.24, 2.45) is 11.8 Å². The van der Waals surface area contributed by atoms with Crippen molar-refractivity contribution in [1.82, 2.24) is 0 Å². The molecule has 0 fully saturated rings. The maximum absolute atomic E-state index is 2.45. The van der Waals surface area contributed by atoms with Crippen molar-refractivity contribution in [3.63, 3.8) is 0 Å². The van der Waals surface area contributed by atoms with Crippen LogP contribution in [-0.2, 0) is 26.2 Å². The van der Waals surface area contributed by atoms with E-state index in [2.05, 4.69) is 68.2 Å². The molecule has 0 aromatic carbocycles. The molecule has 0 bridgehead atoms. The smallest absolute Gasteiger partial charge is 0.0532 e. The Hall–Kier alpha value is 0.0600. The van der Waals surface area contributed by atoms with Crippen LogP contribution in [0.4, 0.5) is 0 Å². The second-order valence-electron chi connectivity index (χ2n) is 5.30. The van der Waals surface area contributed by atoms with Gasteiger partial charge < -0.3 is 0 Å². The molecule has 0 saturated carbocycles. The molecule has 0 amide bonds. The standard InChI is InChI=1S/C14H19Si.Zr/c1-15(2,3)14(12-8-4-5-9-12)13-10-6-7-11-13;/h4-13H,1-3H3;. The SMILES string of the molecule is C[Si](C)(C)[C](C1C=CC=C1)C1C=CC=C1.[Zr]. The van der Waals surface area contributed by atoms with E-state index < -0.39 is 8.07 Å².